The van der Waals surface area contributed by atoms with E-state index < -0.39 is 21.7 Å². The number of primary amides is 1. The monoisotopic (exact) mass is 357 g/mol. The van der Waals surface area contributed by atoms with Crippen molar-refractivity contribution in [2.75, 3.05) is 6.26 Å². The second kappa shape index (κ2) is 7.01. The van der Waals surface area contributed by atoms with Gasteiger partial charge in [0, 0.05) is 19.1 Å². The van der Waals surface area contributed by atoms with Crippen LogP contribution in [0.2, 0.25) is 5.02 Å². The van der Waals surface area contributed by atoms with Crippen molar-refractivity contribution < 1.29 is 18.0 Å². The van der Waals surface area contributed by atoms with Gasteiger partial charge in [-0.05, 0) is 42.9 Å². The number of carbonyl (C=O) groups is 2. The molecule has 1 amide bonds. The van der Waals surface area contributed by atoms with E-state index in [2.05, 4.69) is 0 Å². The van der Waals surface area contributed by atoms with Crippen molar-refractivity contribution in [2.45, 2.75) is 42.9 Å². The van der Waals surface area contributed by atoms with E-state index in [0.717, 1.165) is 19.1 Å². The van der Waals surface area contributed by atoms with Gasteiger partial charge in [0.1, 0.15) is 5.78 Å². The lowest BCUT2D eigenvalue weighted by molar-refractivity contribution is -0.121. The van der Waals surface area contributed by atoms with Gasteiger partial charge in [-0.15, -0.1) is 0 Å². The number of Topliss-reactive ketones (excluding diaryl/α,β-unsaturated/α-hetero) is 1. The third kappa shape index (κ3) is 4.54. The normalized spacial score (nSPS) is 17.9. The summed E-state index contributed by atoms with van der Waals surface area (Å²) in [5.41, 5.74) is 6.14. The van der Waals surface area contributed by atoms with Crippen molar-refractivity contribution in [2.24, 2.45) is 11.7 Å². The van der Waals surface area contributed by atoms with Crippen molar-refractivity contribution in [3.63, 3.8) is 0 Å². The van der Waals surface area contributed by atoms with Crippen molar-refractivity contribution in [3.8, 4) is 0 Å². The Hall–Kier alpha value is -1.40. The molecule has 0 spiro atoms. The number of carbonyl (C=O) groups excluding carboxylic acids is 2. The van der Waals surface area contributed by atoms with Crippen LogP contribution in [0.25, 0.3) is 0 Å². The van der Waals surface area contributed by atoms with Crippen LogP contribution in [0.5, 0.6) is 0 Å². The SMILES string of the molecule is CS(=O)(=O)c1ccc([C@@H](CC2CCC(=O)CC2)C(N)=O)cc1Cl. The molecule has 2 rings (SSSR count). The van der Waals surface area contributed by atoms with Gasteiger partial charge in [0.25, 0.3) is 0 Å². The Kier molecular flexibility index (Phi) is 5.47. The molecular weight excluding hydrogens is 338 g/mol. The van der Waals surface area contributed by atoms with Crippen molar-refractivity contribution in [1.82, 2.24) is 0 Å². The van der Waals surface area contributed by atoms with E-state index in [0.29, 0.717) is 24.8 Å². The minimum absolute atomic E-state index is 0.0365. The first kappa shape index (κ1) is 17.9. The van der Waals surface area contributed by atoms with E-state index in [1.165, 1.54) is 12.1 Å². The highest BCUT2D eigenvalue weighted by molar-refractivity contribution is 7.90. The fourth-order valence-electron chi connectivity index (χ4n) is 3.02. The number of amides is 1. The van der Waals surface area contributed by atoms with Gasteiger partial charge in [-0.3, -0.25) is 9.59 Å². The summed E-state index contributed by atoms with van der Waals surface area (Å²) in [7, 11) is -3.42. The van der Waals surface area contributed by atoms with E-state index in [-0.39, 0.29) is 21.6 Å². The van der Waals surface area contributed by atoms with Crippen LogP contribution in [0.4, 0.5) is 0 Å². The lowest BCUT2D eigenvalue weighted by atomic mass is 9.80. The highest BCUT2D eigenvalue weighted by atomic mass is 35.5. The predicted octanol–water partition coefficient (Wildman–Crippen LogP) is 2.46. The van der Waals surface area contributed by atoms with Crippen LogP contribution >= 0.6 is 11.6 Å². The van der Waals surface area contributed by atoms with E-state index in [1.807, 2.05) is 0 Å². The number of benzene rings is 1. The third-order valence-electron chi connectivity index (χ3n) is 4.33. The highest BCUT2D eigenvalue weighted by Crippen LogP contribution is 2.34. The summed E-state index contributed by atoms with van der Waals surface area (Å²) in [6.45, 7) is 0. The van der Waals surface area contributed by atoms with Crippen LogP contribution in [0.1, 0.15) is 43.6 Å². The van der Waals surface area contributed by atoms with Crippen molar-refractivity contribution in [1.29, 1.82) is 0 Å². The minimum atomic E-state index is -3.42. The number of hydrogen-bond donors (Lipinski definition) is 1. The van der Waals surface area contributed by atoms with Gasteiger partial charge in [-0.25, -0.2) is 8.42 Å². The highest BCUT2D eigenvalue weighted by Gasteiger charge is 2.27. The standard InChI is InChI=1S/C16H20ClNO4S/c1-23(21,22)15-7-4-11(9-14(15)17)13(16(18)20)8-10-2-5-12(19)6-3-10/h4,7,9-10,13H,2-3,5-6,8H2,1H3,(H2,18,20)/t13-/m1/s1. The van der Waals surface area contributed by atoms with Crippen LogP contribution in [0.3, 0.4) is 0 Å². The Balaban J connectivity index is 2.23. The quantitative estimate of drug-likeness (QED) is 0.875. The molecule has 23 heavy (non-hydrogen) atoms. The molecule has 126 valence electrons. The summed E-state index contributed by atoms with van der Waals surface area (Å²) in [5.74, 6) is -0.472. The number of halogens is 1. The van der Waals surface area contributed by atoms with Crippen LogP contribution < -0.4 is 5.73 Å². The Bertz CT molecular complexity index is 720. The summed E-state index contributed by atoms with van der Waals surface area (Å²) in [6.07, 6.45) is 4.25. The molecule has 7 heteroatoms. The molecule has 0 heterocycles. The molecule has 1 aliphatic rings. The maximum absolute atomic E-state index is 11.8. The molecule has 0 saturated heterocycles. The van der Waals surface area contributed by atoms with Gasteiger partial charge in [0.15, 0.2) is 9.84 Å². The zero-order valence-corrected chi connectivity index (χ0v) is 14.5. The minimum Gasteiger partial charge on any atom is -0.369 e. The van der Waals surface area contributed by atoms with Crippen molar-refractivity contribution >= 4 is 33.1 Å². The van der Waals surface area contributed by atoms with E-state index in [1.54, 1.807) is 6.07 Å². The van der Waals surface area contributed by atoms with Crippen LogP contribution in [-0.2, 0) is 19.4 Å². The Morgan fingerprint density at radius 1 is 1.35 bits per heavy atom. The number of nitrogens with two attached hydrogens (primary N) is 1. The largest absolute Gasteiger partial charge is 0.369 e. The fourth-order valence-corrected chi connectivity index (χ4v) is 4.36. The van der Waals surface area contributed by atoms with Gasteiger partial charge in [-0.2, -0.15) is 0 Å². The van der Waals surface area contributed by atoms with E-state index >= 15 is 0 Å². The average Bonchev–Trinajstić information content (AvgIpc) is 2.44. The molecule has 5 nitrogen and oxygen atoms in total. The van der Waals surface area contributed by atoms with E-state index in [9.17, 15) is 18.0 Å². The Morgan fingerprint density at radius 2 is 1.96 bits per heavy atom. The number of rotatable bonds is 5. The van der Waals surface area contributed by atoms with Gasteiger partial charge in [0.05, 0.1) is 15.8 Å². The molecule has 1 fully saturated rings. The fraction of sp³-hybridized carbons (Fsp3) is 0.500. The van der Waals surface area contributed by atoms with Gasteiger partial charge < -0.3 is 5.73 Å². The molecule has 1 atom stereocenters. The van der Waals surface area contributed by atoms with Crippen LogP contribution in [0.15, 0.2) is 23.1 Å². The molecule has 2 N–H and O–H groups in total. The lowest BCUT2D eigenvalue weighted by Gasteiger charge is -2.25. The molecule has 1 saturated carbocycles. The maximum Gasteiger partial charge on any atom is 0.224 e. The molecule has 0 aromatic heterocycles. The van der Waals surface area contributed by atoms with Crippen LogP contribution in [0, 0.1) is 5.92 Å². The molecule has 1 aromatic rings. The summed E-state index contributed by atoms with van der Waals surface area (Å²) in [6, 6.07) is 4.50. The zero-order valence-electron chi connectivity index (χ0n) is 12.9. The zero-order chi connectivity index (χ0) is 17.2. The first-order chi connectivity index (χ1) is 10.7. The molecule has 0 unspecified atom stereocenters. The Labute approximate surface area is 141 Å². The third-order valence-corrected chi connectivity index (χ3v) is 5.91. The lowest BCUT2D eigenvalue weighted by Crippen LogP contribution is -2.25. The van der Waals surface area contributed by atoms with Gasteiger partial charge >= 0.3 is 0 Å². The molecule has 0 aliphatic heterocycles. The smallest absolute Gasteiger partial charge is 0.224 e. The summed E-state index contributed by atoms with van der Waals surface area (Å²) in [4.78, 5) is 23.2. The van der Waals surface area contributed by atoms with Crippen LogP contribution in [-0.4, -0.2) is 26.4 Å². The molecule has 1 aromatic carbocycles. The second-order valence-electron chi connectivity index (χ2n) is 6.13. The first-order valence-electron chi connectivity index (χ1n) is 7.49. The van der Waals surface area contributed by atoms with E-state index in [4.69, 9.17) is 17.3 Å². The van der Waals surface area contributed by atoms with Crippen molar-refractivity contribution in [3.05, 3.63) is 28.8 Å². The number of hydrogen-bond acceptors (Lipinski definition) is 4. The summed E-state index contributed by atoms with van der Waals surface area (Å²) in [5, 5.41) is 0.0927. The molecule has 1 aliphatic carbocycles. The summed E-state index contributed by atoms with van der Waals surface area (Å²) >= 11 is 6.05. The number of sulfone groups is 1. The Morgan fingerprint density at radius 3 is 2.43 bits per heavy atom. The summed E-state index contributed by atoms with van der Waals surface area (Å²) < 4.78 is 23.2. The van der Waals surface area contributed by atoms with Gasteiger partial charge in [-0.1, -0.05) is 17.7 Å². The molecular formula is C16H20ClNO4S. The predicted molar refractivity (Wildman–Crippen MR) is 88.1 cm³/mol. The molecule has 0 bridgehead atoms. The number of ketones is 1. The maximum atomic E-state index is 11.8. The first-order valence-corrected chi connectivity index (χ1v) is 9.76. The second-order valence-corrected chi connectivity index (χ2v) is 8.53. The van der Waals surface area contributed by atoms with Gasteiger partial charge in [0.2, 0.25) is 5.91 Å². The molecule has 0 radical (unpaired) electrons. The topological polar surface area (TPSA) is 94.3 Å². The average molecular weight is 358 g/mol.